The lowest BCUT2D eigenvalue weighted by atomic mass is 10.1. The predicted octanol–water partition coefficient (Wildman–Crippen LogP) is 1.83. The Balaban J connectivity index is 2.64. The fourth-order valence-corrected chi connectivity index (χ4v) is 1.16. The summed E-state index contributed by atoms with van der Waals surface area (Å²) in [5, 5.41) is 12.0. The molecule has 0 aliphatic carbocycles. The van der Waals surface area contributed by atoms with E-state index in [9.17, 15) is 0 Å². The summed E-state index contributed by atoms with van der Waals surface area (Å²) < 4.78 is 0. The second-order valence-electron chi connectivity index (χ2n) is 4.40. The monoisotopic (exact) mass is 194 g/mol. The third-order valence-corrected chi connectivity index (χ3v) is 1.73. The lowest BCUT2D eigenvalue weighted by Crippen LogP contribution is -2.26. The average Bonchev–Trinajstić information content (AvgIpc) is 2.06. The number of aromatic nitrogens is 1. The van der Waals surface area contributed by atoms with Crippen LogP contribution < -0.4 is 5.32 Å². The van der Waals surface area contributed by atoms with Crippen LogP contribution in [0.1, 0.15) is 26.3 Å². The molecule has 0 unspecified atom stereocenters. The quantitative estimate of drug-likeness (QED) is 0.771. The van der Waals surface area contributed by atoms with Crippen LogP contribution in [0.3, 0.4) is 0 Å². The Kier molecular flexibility index (Phi) is 3.47. The van der Waals surface area contributed by atoms with Crippen molar-refractivity contribution in [1.29, 1.82) is 0 Å². The van der Waals surface area contributed by atoms with Crippen LogP contribution in [0.5, 0.6) is 0 Å². The minimum absolute atomic E-state index is 0.0332. The van der Waals surface area contributed by atoms with Gasteiger partial charge in [-0.2, -0.15) is 0 Å². The molecule has 0 aliphatic rings. The van der Waals surface area contributed by atoms with Gasteiger partial charge in [0.15, 0.2) is 0 Å². The molecule has 0 fully saturated rings. The first kappa shape index (κ1) is 11.0. The van der Waals surface area contributed by atoms with Crippen LogP contribution in [0.25, 0.3) is 0 Å². The fourth-order valence-electron chi connectivity index (χ4n) is 1.16. The van der Waals surface area contributed by atoms with Crippen molar-refractivity contribution >= 4 is 5.82 Å². The molecule has 0 saturated heterocycles. The van der Waals surface area contributed by atoms with E-state index in [-0.39, 0.29) is 12.1 Å². The molecule has 78 valence electrons. The Morgan fingerprint density at radius 3 is 2.50 bits per heavy atom. The molecule has 1 aromatic heterocycles. The number of nitrogens with one attached hydrogen (secondary N) is 1. The van der Waals surface area contributed by atoms with E-state index in [4.69, 9.17) is 5.11 Å². The van der Waals surface area contributed by atoms with Gasteiger partial charge in [0.05, 0.1) is 0 Å². The maximum absolute atomic E-state index is 8.73. The predicted molar refractivity (Wildman–Crippen MR) is 58.4 cm³/mol. The summed E-state index contributed by atoms with van der Waals surface area (Å²) in [7, 11) is 0. The topological polar surface area (TPSA) is 45.1 Å². The Morgan fingerprint density at radius 2 is 2.07 bits per heavy atom. The highest BCUT2D eigenvalue weighted by Crippen LogP contribution is 2.12. The van der Waals surface area contributed by atoms with Gasteiger partial charge in [-0.05, 0) is 38.8 Å². The summed E-state index contributed by atoms with van der Waals surface area (Å²) in [5.41, 5.74) is 1.10. The first-order valence-corrected chi connectivity index (χ1v) is 4.85. The average molecular weight is 194 g/mol. The first-order valence-electron chi connectivity index (χ1n) is 4.85. The van der Waals surface area contributed by atoms with E-state index in [1.807, 2.05) is 12.1 Å². The number of nitrogens with zero attached hydrogens (tertiary/aromatic N) is 1. The molecule has 0 amide bonds. The molecule has 0 saturated carbocycles. The van der Waals surface area contributed by atoms with Gasteiger partial charge in [-0.15, -0.1) is 0 Å². The van der Waals surface area contributed by atoms with Crippen LogP contribution in [0, 0.1) is 0 Å². The minimum atomic E-state index is 0.0332. The van der Waals surface area contributed by atoms with E-state index in [0.29, 0.717) is 6.42 Å². The van der Waals surface area contributed by atoms with Crippen LogP contribution in [0.2, 0.25) is 0 Å². The summed E-state index contributed by atoms with van der Waals surface area (Å²) in [6, 6.07) is 3.92. The van der Waals surface area contributed by atoms with E-state index < -0.39 is 0 Å². The molecule has 3 heteroatoms. The first-order chi connectivity index (χ1) is 6.51. The number of hydrogen-bond donors (Lipinski definition) is 2. The SMILES string of the molecule is CC(C)(C)Nc1ccc(CCO)cn1. The largest absolute Gasteiger partial charge is 0.396 e. The van der Waals surface area contributed by atoms with Crippen molar-refractivity contribution in [3.8, 4) is 0 Å². The molecular weight excluding hydrogens is 176 g/mol. The minimum Gasteiger partial charge on any atom is -0.396 e. The zero-order chi connectivity index (χ0) is 10.6. The molecule has 0 atom stereocenters. The van der Waals surface area contributed by atoms with E-state index in [2.05, 4.69) is 31.1 Å². The second-order valence-corrected chi connectivity index (χ2v) is 4.40. The summed E-state index contributed by atoms with van der Waals surface area (Å²) in [5.74, 6) is 0.874. The number of rotatable bonds is 3. The molecule has 0 bridgehead atoms. The Hall–Kier alpha value is -1.09. The zero-order valence-corrected chi connectivity index (χ0v) is 9.04. The number of hydrogen-bond acceptors (Lipinski definition) is 3. The van der Waals surface area contributed by atoms with Gasteiger partial charge in [-0.3, -0.25) is 0 Å². The summed E-state index contributed by atoms with van der Waals surface area (Å²) in [4.78, 5) is 4.26. The van der Waals surface area contributed by atoms with Crippen LogP contribution in [0.15, 0.2) is 18.3 Å². The summed E-state index contributed by atoms with van der Waals surface area (Å²) >= 11 is 0. The second kappa shape index (κ2) is 4.42. The maximum atomic E-state index is 8.73. The molecular formula is C11H18N2O. The molecule has 1 heterocycles. The standard InChI is InChI=1S/C11H18N2O/c1-11(2,3)13-10-5-4-9(6-7-14)8-12-10/h4-5,8,14H,6-7H2,1-3H3,(H,12,13). The highest BCUT2D eigenvalue weighted by atomic mass is 16.2. The van der Waals surface area contributed by atoms with Crippen molar-refractivity contribution in [3.63, 3.8) is 0 Å². The van der Waals surface area contributed by atoms with Crippen LogP contribution in [-0.2, 0) is 6.42 Å². The molecule has 0 aliphatic heterocycles. The molecule has 1 rings (SSSR count). The van der Waals surface area contributed by atoms with Gasteiger partial charge in [0, 0.05) is 18.3 Å². The molecule has 0 spiro atoms. The van der Waals surface area contributed by atoms with Gasteiger partial charge in [-0.25, -0.2) is 4.98 Å². The van der Waals surface area contributed by atoms with Crippen molar-refractivity contribution in [2.75, 3.05) is 11.9 Å². The zero-order valence-electron chi connectivity index (χ0n) is 9.04. The Morgan fingerprint density at radius 1 is 1.36 bits per heavy atom. The molecule has 0 aromatic carbocycles. The van der Waals surface area contributed by atoms with Gasteiger partial charge in [0.25, 0.3) is 0 Å². The van der Waals surface area contributed by atoms with Crippen molar-refractivity contribution in [2.24, 2.45) is 0 Å². The third kappa shape index (κ3) is 3.75. The number of aliphatic hydroxyl groups is 1. The van der Waals surface area contributed by atoms with Gasteiger partial charge < -0.3 is 10.4 Å². The van der Waals surface area contributed by atoms with Crippen molar-refractivity contribution in [1.82, 2.24) is 4.98 Å². The summed E-state index contributed by atoms with van der Waals surface area (Å²) in [6.07, 6.45) is 2.47. The smallest absolute Gasteiger partial charge is 0.126 e. The number of aliphatic hydroxyl groups excluding tert-OH is 1. The highest BCUT2D eigenvalue weighted by Gasteiger charge is 2.09. The van der Waals surface area contributed by atoms with Crippen LogP contribution >= 0.6 is 0 Å². The normalized spacial score (nSPS) is 11.4. The van der Waals surface area contributed by atoms with Gasteiger partial charge in [0.1, 0.15) is 5.82 Å². The maximum Gasteiger partial charge on any atom is 0.126 e. The molecule has 3 nitrogen and oxygen atoms in total. The van der Waals surface area contributed by atoms with E-state index in [1.54, 1.807) is 6.20 Å². The molecule has 14 heavy (non-hydrogen) atoms. The van der Waals surface area contributed by atoms with E-state index in [0.717, 1.165) is 11.4 Å². The Labute approximate surface area is 85.2 Å². The fraction of sp³-hybridized carbons (Fsp3) is 0.545. The lowest BCUT2D eigenvalue weighted by Gasteiger charge is -2.21. The van der Waals surface area contributed by atoms with Crippen molar-refractivity contribution in [2.45, 2.75) is 32.7 Å². The van der Waals surface area contributed by atoms with E-state index >= 15 is 0 Å². The van der Waals surface area contributed by atoms with Crippen LogP contribution in [0.4, 0.5) is 5.82 Å². The van der Waals surface area contributed by atoms with Crippen LogP contribution in [-0.4, -0.2) is 22.2 Å². The highest BCUT2D eigenvalue weighted by molar-refractivity contribution is 5.37. The van der Waals surface area contributed by atoms with Gasteiger partial charge in [0.2, 0.25) is 0 Å². The third-order valence-electron chi connectivity index (χ3n) is 1.73. The summed E-state index contributed by atoms with van der Waals surface area (Å²) in [6.45, 7) is 6.46. The Bertz CT molecular complexity index is 274. The number of pyridine rings is 1. The number of anilines is 1. The van der Waals surface area contributed by atoms with Crippen molar-refractivity contribution < 1.29 is 5.11 Å². The lowest BCUT2D eigenvalue weighted by molar-refractivity contribution is 0.299. The molecule has 2 N–H and O–H groups in total. The molecule has 0 radical (unpaired) electrons. The van der Waals surface area contributed by atoms with Crippen molar-refractivity contribution in [3.05, 3.63) is 23.9 Å². The van der Waals surface area contributed by atoms with Gasteiger partial charge >= 0.3 is 0 Å². The van der Waals surface area contributed by atoms with E-state index in [1.165, 1.54) is 0 Å². The molecule has 1 aromatic rings. The van der Waals surface area contributed by atoms with Gasteiger partial charge in [-0.1, -0.05) is 6.07 Å².